The highest BCUT2D eigenvalue weighted by molar-refractivity contribution is 5.53. The molecule has 88 valence electrons. The molecule has 17 heavy (non-hydrogen) atoms. The summed E-state index contributed by atoms with van der Waals surface area (Å²) in [6, 6.07) is 8.60. The van der Waals surface area contributed by atoms with Crippen molar-refractivity contribution in [1.82, 2.24) is 4.90 Å². The lowest BCUT2D eigenvalue weighted by molar-refractivity contribution is 0.410. The van der Waals surface area contributed by atoms with E-state index >= 15 is 0 Å². The summed E-state index contributed by atoms with van der Waals surface area (Å²) in [4.78, 5) is 2.35. The Labute approximate surface area is 104 Å². The maximum atomic E-state index is 2.35. The minimum Gasteiger partial charge on any atom is -0.368 e. The van der Waals surface area contributed by atoms with Crippen LogP contribution in [-0.4, -0.2) is 18.0 Å². The van der Waals surface area contributed by atoms with E-state index in [4.69, 9.17) is 0 Å². The molecule has 0 saturated heterocycles. The molecule has 1 aromatic carbocycles. The summed E-state index contributed by atoms with van der Waals surface area (Å²) < 4.78 is 0. The molecule has 1 aliphatic rings. The molecular weight excluding hydrogens is 206 g/mol. The molecule has 2 rings (SSSR count). The lowest BCUT2D eigenvalue weighted by Gasteiger charge is -2.24. The van der Waals surface area contributed by atoms with Crippen LogP contribution in [0, 0.1) is 6.92 Å². The average molecular weight is 225 g/mol. The van der Waals surface area contributed by atoms with Crippen molar-refractivity contribution in [2.24, 2.45) is 0 Å². The lowest BCUT2D eigenvalue weighted by Crippen LogP contribution is -2.23. The molecule has 0 saturated carbocycles. The fraction of sp³-hybridized carbons (Fsp3) is 0.250. The van der Waals surface area contributed by atoms with Crippen molar-refractivity contribution in [2.75, 3.05) is 13.1 Å². The number of benzene rings is 1. The standard InChI is InChI=1S/C16H19N/c1-3-17-13-5-4-6-16(17)12-11-15-9-7-14(2)8-10-15/h4-12H,3,13H2,1-2H3/b12-11+. The molecule has 1 aliphatic heterocycles. The molecule has 1 heterocycles. The van der Waals surface area contributed by atoms with Gasteiger partial charge in [-0.25, -0.2) is 0 Å². The second kappa shape index (κ2) is 5.53. The first kappa shape index (κ1) is 11.7. The van der Waals surface area contributed by atoms with Crippen molar-refractivity contribution < 1.29 is 0 Å². The van der Waals surface area contributed by atoms with Gasteiger partial charge in [0.05, 0.1) is 0 Å². The number of aryl methyl sites for hydroxylation is 1. The summed E-state index contributed by atoms with van der Waals surface area (Å²) >= 11 is 0. The Morgan fingerprint density at radius 3 is 2.65 bits per heavy atom. The largest absolute Gasteiger partial charge is 0.368 e. The fourth-order valence-corrected chi connectivity index (χ4v) is 1.90. The lowest BCUT2D eigenvalue weighted by atomic mass is 10.1. The molecule has 1 aromatic rings. The molecule has 0 radical (unpaired) electrons. The van der Waals surface area contributed by atoms with E-state index in [-0.39, 0.29) is 0 Å². The summed E-state index contributed by atoms with van der Waals surface area (Å²) in [5.41, 5.74) is 3.84. The van der Waals surface area contributed by atoms with E-state index in [0.717, 1.165) is 13.1 Å². The van der Waals surface area contributed by atoms with Crippen LogP contribution in [0.15, 0.2) is 54.3 Å². The third kappa shape index (κ3) is 3.10. The van der Waals surface area contributed by atoms with Gasteiger partial charge in [-0.15, -0.1) is 0 Å². The quantitative estimate of drug-likeness (QED) is 0.756. The number of hydrogen-bond acceptors (Lipinski definition) is 1. The van der Waals surface area contributed by atoms with Crippen LogP contribution < -0.4 is 0 Å². The van der Waals surface area contributed by atoms with E-state index in [1.165, 1.54) is 16.8 Å². The zero-order chi connectivity index (χ0) is 12.1. The maximum Gasteiger partial charge on any atom is 0.0369 e. The van der Waals surface area contributed by atoms with Gasteiger partial charge in [0.15, 0.2) is 0 Å². The second-order valence-electron chi connectivity index (χ2n) is 4.30. The van der Waals surface area contributed by atoms with E-state index in [2.05, 4.69) is 73.4 Å². The highest BCUT2D eigenvalue weighted by atomic mass is 15.1. The minimum absolute atomic E-state index is 1.01. The maximum absolute atomic E-state index is 2.35. The summed E-state index contributed by atoms with van der Waals surface area (Å²) in [6.07, 6.45) is 10.8. The third-order valence-electron chi connectivity index (χ3n) is 3.00. The molecule has 0 bridgehead atoms. The van der Waals surface area contributed by atoms with Crippen molar-refractivity contribution in [2.45, 2.75) is 13.8 Å². The van der Waals surface area contributed by atoms with Gasteiger partial charge in [-0.05, 0) is 31.6 Å². The summed E-state index contributed by atoms with van der Waals surface area (Å²) in [5, 5.41) is 0. The van der Waals surface area contributed by atoms with Gasteiger partial charge in [-0.3, -0.25) is 0 Å². The van der Waals surface area contributed by atoms with E-state index in [1.807, 2.05) is 0 Å². The zero-order valence-corrected chi connectivity index (χ0v) is 10.6. The Morgan fingerprint density at radius 2 is 1.94 bits per heavy atom. The van der Waals surface area contributed by atoms with Crippen LogP contribution in [0.4, 0.5) is 0 Å². The highest BCUT2D eigenvalue weighted by Gasteiger charge is 2.04. The predicted molar refractivity (Wildman–Crippen MR) is 74.7 cm³/mol. The van der Waals surface area contributed by atoms with Crippen molar-refractivity contribution >= 4 is 6.08 Å². The molecule has 0 unspecified atom stereocenters. The average Bonchev–Trinajstić information content (AvgIpc) is 2.38. The van der Waals surface area contributed by atoms with Crippen molar-refractivity contribution in [1.29, 1.82) is 0 Å². The minimum atomic E-state index is 1.01. The molecular formula is C16H19N. The Kier molecular flexibility index (Phi) is 3.81. The molecule has 0 aliphatic carbocycles. The summed E-state index contributed by atoms with van der Waals surface area (Å²) in [6.45, 7) is 6.36. The molecule has 0 N–H and O–H groups in total. The van der Waals surface area contributed by atoms with Crippen LogP contribution in [-0.2, 0) is 0 Å². The Morgan fingerprint density at radius 1 is 1.18 bits per heavy atom. The third-order valence-corrected chi connectivity index (χ3v) is 3.00. The Bertz CT molecular complexity index is 449. The first-order valence-electron chi connectivity index (χ1n) is 6.16. The topological polar surface area (TPSA) is 3.24 Å². The van der Waals surface area contributed by atoms with Crippen LogP contribution in [0.2, 0.25) is 0 Å². The smallest absolute Gasteiger partial charge is 0.0369 e. The van der Waals surface area contributed by atoms with E-state index in [9.17, 15) is 0 Å². The van der Waals surface area contributed by atoms with Gasteiger partial charge in [0.2, 0.25) is 0 Å². The summed E-state index contributed by atoms with van der Waals surface area (Å²) in [5.74, 6) is 0. The predicted octanol–water partition coefficient (Wildman–Crippen LogP) is 3.78. The molecule has 0 fully saturated rings. The van der Waals surface area contributed by atoms with Gasteiger partial charge in [-0.1, -0.05) is 48.1 Å². The normalized spacial score (nSPS) is 15.4. The van der Waals surface area contributed by atoms with Gasteiger partial charge < -0.3 is 4.90 Å². The number of rotatable bonds is 3. The van der Waals surface area contributed by atoms with Gasteiger partial charge in [0, 0.05) is 18.8 Å². The van der Waals surface area contributed by atoms with Crippen LogP contribution >= 0.6 is 0 Å². The number of nitrogens with zero attached hydrogens (tertiary/aromatic N) is 1. The second-order valence-corrected chi connectivity index (χ2v) is 4.30. The highest BCUT2D eigenvalue weighted by Crippen LogP contribution is 2.13. The number of hydrogen-bond donors (Lipinski definition) is 0. The van der Waals surface area contributed by atoms with Gasteiger partial charge in [0.25, 0.3) is 0 Å². The van der Waals surface area contributed by atoms with E-state index in [0.29, 0.717) is 0 Å². The van der Waals surface area contributed by atoms with E-state index < -0.39 is 0 Å². The molecule has 0 aromatic heterocycles. The SMILES string of the molecule is CCN1CC=CC=C1/C=C/c1ccc(C)cc1. The van der Waals surface area contributed by atoms with Gasteiger partial charge in [0.1, 0.15) is 0 Å². The van der Waals surface area contributed by atoms with Crippen molar-refractivity contribution in [3.8, 4) is 0 Å². The monoisotopic (exact) mass is 225 g/mol. The van der Waals surface area contributed by atoms with Gasteiger partial charge in [-0.2, -0.15) is 0 Å². The van der Waals surface area contributed by atoms with E-state index in [1.54, 1.807) is 0 Å². The fourth-order valence-electron chi connectivity index (χ4n) is 1.90. The first-order valence-corrected chi connectivity index (χ1v) is 6.16. The molecule has 0 amide bonds. The molecule has 0 spiro atoms. The Balaban J connectivity index is 2.11. The first-order chi connectivity index (χ1) is 8.29. The zero-order valence-electron chi connectivity index (χ0n) is 10.6. The van der Waals surface area contributed by atoms with Crippen LogP contribution in [0.1, 0.15) is 18.1 Å². The van der Waals surface area contributed by atoms with Crippen LogP contribution in [0.5, 0.6) is 0 Å². The molecule has 1 heteroatoms. The summed E-state index contributed by atoms with van der Waals surface area (Å²) in [7, 11) is 0. The van der Waals surface area contributed by atoms with Gasteiger partial charge >= 0.3 is 0 Å². The number of likely N-dealkylation sites (N-methyl/N-ethyl adjacent to an activating group) is 1. The Hall–Kier alpha value is -1.76. The molecule has 1 nitrogen and oxygen atoms in total. The molecule has 0 atom stereocenters. The van der Waals surface area contributed by atoms with Crippen molar-refractivity contribution in [3.63, 3.8) is 0 Å². The van der Waals surface area contributed by atoms with Crippen molar-refractivity contribution in [3.05, 3.63) is 65.4 Å². The number of allylic oxidation sites excluding steroid dienone is 3. The van der Waals surface area contributed by atoms with Crippen LogP contribution in [0.25, 0.3) is 6.08 Å². The van der Waals surface area contributed by atoms with Crippen LogP contribution in [0.3, 0.4) is 0 Å².